The lowest BCUT2D eigenvalue weighted by Gasteiger charge is -2.42. The molecule has 2 aliphatic rings. The lowest BCUT2D eigenvalue weighted by molar-refractivity contribution is -0.134. The van der Waals surface area contributed by atoms with Gasteiger partial charge in [0.1, 0.15) is 0 Å². The summed E-state index contributed by atoms with van der Waals surface area (Å²) in [7, 11) is 0. The molecule has 2 bridgehead atoms. The summed E-state index contributed by atoms with van der Waals surface area (Å²) >= 11 is 0. The second-order valence-electron chi connectivity index (χ2n) is 8.26. The van der Waals surface area contributed by atoms with Crippen LogP contribution in [0.3, 0.4) is 0 Å². The molecule has 0 saturated carbocycles. The van der Waals surface area contributed by atoms with Gasteiger partial charge < -0.3 is 14.8 Å². The normalized spacial score (nSPS) is 20.1. The van der Waals surface area contributed by atoms with Crippen LogP contribution < -0.4 is 10.9 Å². The number of amides is 2. The molecular formula is C23H27N3O3. The lowest BCUT2D eigenvalue weighted by Crippen LogP contribution is -2.49. The number of aromatic nitrogens is 1. The van der Waals surface area contributed by atoms with Crippen molar-refractivity contribution in [2.24, 2.45) is 5.92 Å². The lowest BCUT2D eigenvalue weighted by atomic mass is 9.83. The second-order valence-corrected chi connectivity index (χ2v) is 8.26. The van der Waals surface area contributed by atoms with Gasteiger partial charge in [-0.25, -0.2) is 0 Å². The van der Waals surface area contributed by atoms with Gasteiger partial charge in [0.25, 0.3) is 5.56 Å². The third kappa shape index (κ3) is 4.42. The van der Waals surface area contributed by atoms with E-state index in [1.54, 1.807) is 6.07 Å². The van der Waals surface area contributed by atoms with Crippen molar-refractivity contribution in [2.45, 2.75) is 45.1 Å². The molecule has 1 aromatic heterocycles. The summed E-state index contributed by atoms with van der Waals surface area (Å²) in [4.78, 5) is 38.9. The SMILES string of the molecule is Cc1ccc(NC(=O)CCCC(=O)N2C[C@@H]3C[C@@H](C2)c2cccc(=O)n2C3)cc1. The molecule has 0 spiro atoms. The number of anilines is 1. The van der Waals surface area contributed by atoms with Crippen LogP contribution in [0, 0.1) is 12.8 Å². The summed E-state index contributed by atoms with van der Waals surface area (Å²) < 4.78 is 1.87. The number of hydrogen-bond donors (Lipinski definition) is 1. The summed E-state index contributed by atoms with van der Waals surface area (Å²) in [6.07, 6.45) is 2.28. The Labute approximate surface area is 170 Å². The van der Waals surface area contributed by atoms with Crippen LogP contribution in [0.15, 0.2) is 47.3 Å². The molecule has 2 amide bonds. The highest BCUT2D eigenvalue weighted by Crippen LogP contribution is 2.35. The van der Waals surface area contributed by atoms with Crippen LogP contribution in [-0.4, -0.2) is 34.4 Å². The first kappa shape index (κ1) is 19.4. The Bertz CT molecular complexity index is 964. The number of hydrogen-bond acceptors (Lipinski definition) is 3. The van der Waals surface area contributed by atoms with Crippen LogP contribution in [-0.2, 0) is 16.1 Å². The van der Waals surface area contributed by atoms with Crippen molar-refractivity contribution in [1.82, 2.24) is 9.47 Å². The van der Waals surface area contributed by atoms with Gasteiger partial charge in [-0.1, -0.05) is 23.8 Å². The molecule has 1 saturated heterocycles. The zero-order valence-electron chi connectivity index (χ0n) is 16.8. The average molecular weight is 393 g/mol. The molecule has 6 nitrogen and oxygen atoms in total. The highest BCUT2D eigenvalue weighted by Gasteiger charge is 2.35. The quantitative estimate of drug-likeness (QED) is 0.849. The van der Waals surface area contributed by atoms with Crippen molar-refractivity contribution in [3.05, 3.63) is 64.1 Å². The molecule has 3 heterocycles. The van der Waals surface area contributed by atoms with Gasteiger partial charge in [-0.05, 0) is 43.9 Å². The summed E-state index contributed by atoms with van der Waals surface area (Å²) in [5.41, 5.74) is 3.03. The van der Waals surface area contributed by atoms with Crippen LogP contribution in [0.2, 0.25) is 0 Å². The summed E-state index contributed by atoms with van der Waals surface area (Å²) in [6.45, 7) is 4.05. The molecule has 1 aromatic carbocycles. The topological polar surface area (TPSA) is 71.4 Å². The number of pyridine rings is 1. The van der Waals surface area contributed by atoms with E-state index < -0.39 is 0 Å². The molecule has 0 unspecified atom stereocenters. The van der Waals surface area contributed by atoms with Gasteiger partial charge in [0.05, 0.1) is 0 Å². The Morgan fingerprint density at radius 2 is 1.83 bits per heavy atom. The summed E-state index contributed by atoms with van der Waals surface area (Å²) in [5.74, 6) is 0.598. The number of rotatable bonds is 5. The van der Waals surface area contributed by atoms with E-state index in [-0.39, 0.29) is 23.3 Å². The van der Waals surface area contributed by atoms with Gasteiger partial charge in [-0.15, -0.1) is 0 Å². The van der Waals surface area contributed by atoms with Crippen molar-refractivity contribution in [1.29, 1.82) is 0 Å². The number of nitrogens with one attached hydrogen (secondary N) is 1. The molecule has 0 aliphatic carbocycles. The fraction of sp³-hybridized carbons (Fsp3) is 0.435. The first-order valence-corrected chi connectivity index (χ1v) is 10.3. The van der Waals surface area contributed by atoms with Gasteiger partial charge in [0.15, 0.2) is 0 Å². The fourth-order valence-electron chi connectivity index (χ4n) is 4.52. The van der Waals surface area contributed by atoms with Crippen molar-refractivity contribution < 1.29 is 9.59 Å². The fourth-order valence-corrected chi connectivity index (χ4v) is 4.52. The first-order chi connectivity index (χ1) is 14.0. The number of nitrogens with zero attached hydrogens (tertiary/aromatic N) is 2. The van der Waals surface area contributed by atoms with Crippen molar-refractivity contribution in [3.8, 4) is 0 Å². The van der Waals surface area contributed by atoms with Gasteiger partial charge >= 0.3 is 0 Å². The molecule has 4 rings (SSSR count). The van der Waals surface area contributed by atoms with Gasteiger partial charge in [0, 0.05) is 55.8 Å². The van der Waals surface area contributed by atoms with E-state index in [0.29, 0.717) is 44.8 Å². The third-order valence-corrected chi connectivity index (χ3v) is 5.96. The van der Waals surface area contributed by atoms with E-state index in [2.05, 4.69) is 5.32 Å². The third-order valence-electron chi connectivity index (χ3n) is 5.96. The van der Waals surface area contributed by atoms with Gasteiger partial charge in [-0.2, -0.15) is 0 Å². The van der Waals surface area contributed by atoms with Crippen LogP contribution in [0.25, 0.3) is 0 Å². The zero-order chi connectivity index (χ0) is 20.4. The van der Waals surface area contributed by atoms with E-state index in [1.807, 2.05) is 52.8 Å². The molecule has 1 N–H and O–H groups in total. The minimum Gasteiger partial charge on any atom is -0.342 e. The highest BCUT2D eigenvalue weighted by atomic mass is 16.2. The zero-order valence-corrected chi connectivity index (χ0v) is 16.8. The summed E-state index contributed by atoms with van der Waals surface area (Å²) in [5, 5.41) is 2.87. The Balaban J connectivity index is 1.28. The van der Waals surface area contributed by atoms with E-state index in [9.17, 15) is 14.4 Å². The molecule has 2 atom stereocenters. The Morgan fingerprint density at radius 1 is 1.03 bits per heavy atom. The smallest absolute Gasteiger partial charge is 0.250 e. The number of piperidine rings is 1. The number of likely N-dealkylation sites (tertiary alicyclic amines) is 1. The highest BCUT2D eigenvalue weighted by molar-refractivity contribution is 5.91. The predicted octanol–water partition coefficient (Wildman–Crippen LogP) is 2.91. The van der Waals surface area contributed by atoms with Crippen molar-refractivity contribution in [3.63, 3.8) is 0 Å². The van der Waals surface area contributed by atoms with Gasteiger partial charge in [-0.3, -0.25) is 14.4 Å². The van der Waals surface area contributed by atoms with Crippen LogP contribution in [0.1, 0.15) is 42.9 Å². The molecule has 6 heteroatoms. The maximum absolute atomic E-state index is 12.7. The molecule has 2 aromatic rings. The van der Waals surface area contributed by atoms with Crippen molar-refractivity contribution >= 4 is 17.5 Å². The number of benzene rings is 1. The minimum absolute atomic E-state index is 0.0524. The first-order valence-electron chi connectivity index (χ1n) is 10.3. The Morgan fingerprint density at radius 3 is 2.62 bits per heavy atom. The van der Waals surface area contributed by atoms with Crippen LogP contribution >= 0.6 is 0 Å². The van der Waals surface area contributed by atoms with E-state index in [1.165, 1.54) is 0 Å². The largest absolute Gasteiger partial charge is 0.342 e. The van der Waals surface area contributed by atoms with Crippen molar-refractivity contribution in [2.75, 3.05) is 18.4 Å². The van der Waals surface area contributed by atoms with Crippen LogP contribution in [0.4, 0.5) is 5.69 Å². The number of fused-ring (bicyclic) bond motifs is 4. The average Bonchev–Trinajstić information content (AvgIpc) is 2.70. The number of aryl methyl sites for hydroxylation is 1. The maximum atomic E-state index is 12.7. The summed E-state index contributed by atoms with van der Waals surface area (Å²) in [6, 6.07) is 13.1. The molecule has 2 aliphatic heterocycles. The Kier molecular flexibility index (Phi) is 5.51. The van der Waals surface area contributed by atoms with Crippen LogP contribution in [0.5, 0.6) is 0 Å². The monoisotopic (exact) mass is 393 g/mol. The maximum Gasteiger partial charge on any atom is 0.250 e. The molecule has 29 heavy (non-hydrogen) atoms. The molecule has 1 fully saturated rings. The standard InChI is InChI=1S/C23H27N3O3/c1-16-8-10-19(11-9-16)24-21(27)5-3-6-22(28)25-13-17-12-18(15-25)20-4-2-7-23(29)26(20)14-17/h2,4,7-11,17-18H,3,5-6,12-15H2,1H3,(H,24,27)/t17-,18-/m0/s1. The number of carbonyl (C=O) groups is 2. The molecular weight excluding hydrogens is 366 g/mol. The second kappa shape index (κ2) is 8.23. The number of carbonyl (C=O) groups excluding carboxylic acids is 2. The molecule has 0 radical (unpaired) electrons. The van der Waals surface area contributed by atoms with Gasteiger partial charge in [0.2, 0.25) is 11.8 Å². The van der Waals surface area contributed by atoms with E-state index >= 15 is 0 Å². The predicted molar refractivity (Wildman–Crippen MR) is 112 cm³/mol. The van der Waals surface area contributed by atoms with E-state index in [4.69, 9.17) is 0 Å². The minimum atomic E-state index is -0.0644. The Hall–Kier alpha value is -2.89. The van der Waals surface area contributed by atoms with E-state index in [0.717, 1.165) is 23.4 Å². The molecule has 152 valence electrons.